The fourth-order valence-electron chi connectivity index (χ4n) is 3.37. The molecule has 1 saturated carbocycles. The number of ether oxygens (including phenoxy) is 1. The van der Waals surface area contributed by atoms with Crippen molar-refractivity contribution in [2.45, 2.75) is 31.7 Å². The van der Waals surface area contributed by atoms with Crippen LogP contribution in [0.4, 0.5) is 5.82 Å². The maximum Gasteiger partial charge on any atom is 0.139 e. The van der Waals surface area contributed by atoms with Crippen molar-refractivity contribution in [2.24, 2.45) is 0 Å². The first-order chi connectivity index (χ1) is 11.7. The SMILES string of the molecule is COc1ccc(-c2nc3ccc(Cl)cn3c2NC2CCCC2)cc1. The maximum absolute atomic E-state index is 6.21. The number of halogens is 1. The van der Waals surface area contributed by atoms with E-state index < -0.39 is 0 Å². The van der Waals surface area contributed by atoms with Crippen molar-refractivity contribution in [1.29, 1.82) is 0 Å². The van der Waals surface area contributed by atoms with Crippen LogP contribution in [-0.4, -0.2) is 22.5 Å². The van der Waals surface area contributed by atoms with E-state index in [1.165, 1.54) is 25.7 Å². The molecule has 1 aromatic carbocycles. The molecule has 1 N–H and O–H groups in total. The molecule has 1 fully saturated rings. The number of nitrogens with zero attached hydrogens (tertiary/aromatic N) is 2. The molecule has 5 heteroatoms. The molecule has 24 heavy (non-hydrogen) atoms. The summed E-state index contributed by atoms with van der Waals surface area (Å²) in [5.74, 6) is 1.86. The molecule has 2 heterocycles. The summed E-state index contributed by atoms with van der Waals surface area (Å²) in [4.78, 5) is 4.82. The number of methoxy groups -OCH3 is 1. The predicted molar refractivity (Wildman–Crippen MR) is 98.1 cm³/mol. The van der Waals surface area contributed by atoms with Gasteiger partial charge in [0.2, 0.25) is 0 Å². The molecule has 2 aromatic heterocycles. The van der Waals surface area contributed by atoms with Gasteiger partial charge in [0.05, 0.1) is 12.1 Å². The van der Waals surface area contributed by atoms with Gasteiger partial charge in [-0.3, -0.25) is 4.40 Å². The number of anilines is 1. The molecule has 0 radical (unpaired) electrons. The van der Waals surface area contributed by atoms with Gasteiger partial charge in [-0.2, -0.15) is 0 Å². The minimum atomic E-state index is 0.501. The van der Waals surface area contributed by atoms with Gasteiger partial charge in [0.15, 0.2) is 0 Å². The van der Waals surface area contributed by atoms with Crippen LogP contribution in [0.25, 0.3) is 16.9 Å². The van der Waals surface area contributed by atoms with Crippen molar-refractivity contribution < 1.29 is 4.74 Å². The Morgan fingerprint density at radius 3 is 2.58 bits per heavy atom. The van der Waals surface area contributed by atoms with Gasteiger partial charge in [0.25, 0.3) is 0 Å². The molecule has 0 saturated heterocycles. The summed E-state index contributed by atoms with van der Waals surface area (Å²) in [6, 6.07) is 12.3. The van der Waals surface area contributed by atoms with Gasteiger partial charge < -0.3 is 10.1 Å². The highest BCUT2D eigenvalue weighted by Gasteiger charge is 2.20. The number of hydrogen-bond donors (Lipinski definition) is 1. The number of benzene rings is 1. The summed E-state index contributed by atoms with van der Waals surface area (Å²) in [7, 11) is 1.68. The molecular formula is C19H20ClN3O. The van der Waals surface area contributed by atoms with Crippen molar-refractivity contribution in [3.63, 3.8) is 0 Å². The van der Waals surface area contributed by atoms with Crippen molar-refractivity contribution in [3.8, 4) is 17.0 Å². The monoisotopic (exact) mass is 341 g/mol. The van der Waals surface area contributed by atoms with Gasteiger partial charge in [-0.05, 0) is 49.2 Å². The lowest BCUT2D eigenvalue weighted by Crippen LogP contribution is -2.16. The molecule has 0 unspecified atom stereocenters. The number of imidazole rings is 1. The minimum absolute atomic E-state index is 0.501. The van der Waals surface area contributed by atoms with Gasteiger partial charge >= 0.3 is 0 Å². The topological polar surface area (TPSA) is 38.6 Å². The normalized spacial score (nSPS) is 15.1. The number of hydrogen-bond acceptors (Lipinski definition) is 3. The highest BCUT2D eigenvalue weighted by atomic mass is 35.5. The highest BCUT2D eigenvalue weighted by molar-refractivity contribution is 6.30. The third-order valence-corrected chi connectivity index (χ3v) is 4.87. The van der Waals surface area contributed by atoms with Crippen LogP contribution in [0.2, 0.25) is 5.02 Å². The van der Waals surface area contributed by atoms with Crippen molar-refractivity contribution in [2.75, 3.05) is 12.4 Å². The van der Waals surface area contributed by atoms with Gasteiger partial charge in [-0.15, -0.1) is 0 Å². The smallest absolute Gasteiger partial charge is 0.139 e. The minimum Gasteiger partial charge on any atom is -0.497 e. The quantitative estimate of drug-likeness (QED) is 0.724. The number of aromatic nitrogens is 2. The third kappa shape index (κ3) is 2.82. The van der Waals surface area contributed by atoms with E-state index >= 15 is 0 Å². The van der Waals surface area contributed by atoms with Crippen molar-refractivity contribution in [3.05, 3.63) is 47.6 Å². The Balaban J connectivity index is 1.82. The Morgan fingerprint density at radius 2 is 1.88 bits per heavy atom. The molecule has 3 aromatic rings. The first kappa shape index (κ1) is 15.3. The predicted octanol–water partition coefficient (Wildman–Crippen LogP) is 5.02. The van der Waals surface area contributed by atoms with E-state index in [4.69, 9.17) is 21.3 Å². The molecular weight excluding hydrogens is 322 g/mol. The first-order valence-corrected chi connectivity index (χ1v) is 8.71. The van der Waals surface area contributed by atoms with Crippen LogP contribution in [0.5, 0.6) is 5.75 Å². The summed E-state index contributed by atoms with van der Waals surface area (Å²) in [5.41, 5.74) is 2.91. The zero-order valence-corrected chi connectivity index (χ0v) is 14.4. The second kappa shape index (κ2) is 6.36. The van der Waals surface area contributed by atoms with Crippen LogP contribution in [0.1, 0.15) is 25.7 Å². The highest BCUT2D eigenvalue weighted by Crippen LogP contribution is 2.33. The van der Waals surface area contributed by atoms with E-state index in [0.29, 0.717) is 11.1 Å². The summed E-state index contributed by atoms with van der Waals surface area (Å²) < 4.78 is 7.31. The lowest BCUT2D eigenvalue weighted by atomic mass is 10.1. The average molecular weight is 342 g/mol. The Labute approximate surface area is 146 Å². The number of fused-ring (bicyclic) bond motifs is 1. The van der Waals surface area contributed by atoms with Crippen LogP contribution >= 0.6 is 11.6 Å². The fraction of sp³-hybridized carbons (Fsp3) is 0.316. The van der Waals surface area contributed by atoms with Crippen LogP contribution in [0, 0.1) is 0 Å². The molecule has 0 spiro atoms. The van der Waals surface area contributed by atoms with Crippen LogP contribution in [-0.2, 0) is 0 Å². The standard InChI is InChI=1S/C19H20ClN3O/c1-24-16-9-6-13(7-10-16)18-19(21-15-4-2-3-5-15)23-12-14(20)8-11-17(23)22-18/h6-12,15,21H,2-5H2,1H3. The zero-order chi connectivity index (χ0) is 16.5. The van der Waals surface area contributed by atoms with Gasteiger partial charge in [-0.25, -0.2) is 4.98 Å². The van der Waals surface area contributed by atoms with E-state index in [-0.39, 0.29) is 0 Å². The number of nitrogens with one attached hydrogen (secondary N) is 1. The molecule has 1 aliphatic carbocycles. The molecule has 0 aliphatic heterocycles. The Bertz CT molecular complexity index is 851. The Kier molecular flexibility index (Phi) is 4.07. The second-order valence-corrected chi connectivity index (χ2v) is 6.68. The Hall–Kier alpha value is -2.20. The number of rotatable bonds is 4. The Morgan fingerprint density at radius 1 is 1.12 bits per heavy atom. The summed E-state index contributed by atoms with van der Waals surface area (Å²) in [6.45, 7) is 0. The van der Waals surface area contributed by atoms with Crippen LogP contribution in [0.3, 0.4) is 0 Å². The largest absolute Gasteiger partial charge is 0.497 e. The lowest BCUT2D eigenvalue weighted by Gasteiger charge is -2.15. The second-order valence-electron chi connectivity index (χ2n) is 6.24. The number of pyridine rings is 1. The molecule has 0 bridgehead atoms. The van der Waals surface area contributed by atoms with Gasteiger partial charge in [0, 0.05) is 17.8 Å². The molecule has 124 valence electrons. The van der Waals surface area contributed by atoms with Gasteiger partial charge in [0.1, 0.15) is 22.9 Å². The molecule has 1 aliphatic rings. The lowest BCUT2D eigenvalue weighted by molar-refractivity contribution is 0.415. The fourth-order valence-corrected chi connectivity index (χ4v) is 3.53. The summed E-state index contributed by atoms with van der Waals surface area (Å²) >= 11 is 6.21. The maximum atomic E-state index is 6.21. The summed E-state index contributed by atoms with van der Waals surface area (Å²) in [5, 5.41) is 4.40. The van der Waals surface area contributed by atoms with Crippen LogP contribution in [0.15, 0.2) is 42.6 Å². The molecule has 0 amide bonds. The van der Waals surface area contributed by atoms with E-state index in [9.17, 15) is 0 Å². The molecule has 0 atom stereocenters. The molecule has 4 nitrogen and oxygen atoms in total. The van der Waals surface area contributed by atoms with Crippen molar-refractivity contribution >= 4 is 23.1 Å². The van der Waals surface area contributed by atoms with Gasteiger partial charge in [-0.1, -0.05) is 24.4 Å². The molecule has 4 rings (SSSR count). The average Bonchev–Trinajstić information content (AvgIpc) is 3.24. The third-order valence-electron chi connectivity index (χ3n) is 4.64. The zero-order valence-electron chi connectivity index (χ0n) is 13.6. The van der Waals surface area contributed by atoms with Crippen molar-refractivity contribution in [1.82, 2.24) is 9.38 Å². The van der Waals surface area contributed by atoms with E-state index in [1.807, 2.05) is 42.6 Å². The van der Waals surface area contributed by atoms with E-state index in [2.05, 4.69) is 9.72 Å². The first-order valence-electron chi connectivity index (χ1n) is 8.33. The summed E-state index contributed by atoms with van der Waals surface area (Å²) in [6.07, 6.45) is 6.90. The van der Waals surface area contributed by atoms with E-state index in [0.717, 1.165) is 28.5 Å². The van der Waals surface area contributed by atoms with E-state index in [1.54, 1.807) is 7.11 Å². The van der Waals surface area contributed by atoms with Crippen LogP contribution < -0.4 is 10.1 Å².